The Morgan fingerprint density at radius 1 is 0.844 bits per heavy atom. The van der Waals surface area contributed by atoms with Crippen LogP contribution in [0.4, 0.5) is 24.5 Å². The van der Waals surface area contributed by atoms with Crippen molar-refractivity contribution in [1.29, 1.82) is 5.26 Å². The topological polar surface area (TPSA) is 211 Å². The second kappa shape index (κ2) is 29.3. The highest BCUT2D eigenvalue weighted by molar-refractivity contribution is 7.13. The first-order valence-electron chi connectivity index (χ1n) is 25.3. The number of carbonyl (C=O) groups is 5. The Morgan fingerprint density at radius 3 is 2.01 bits per heavy atom. The molecule has 5 rings (SSSR count). The van der Waals surface area contributed by atoms with Gasteiger partial charge in [0.1, 0.15) is 36.6 Å². The highest BCUT2D eigenvalue weighted by Crippen LogP contribution is 2.36. The SMILES string of the molecule is Cc1ncsc1-c1ccc(CNC(=O)[C@@H]2CCCN2C(=O)C(NC(=O)COCCOCCOCCCOCCOCCOc2ccc(N(C)C(C)(C)C(=O)N(C=O)c3ccc(C#N)c(C(F)(F)F)c3)cc2)C(C)(C)C)cc1. The van der Waals surface area contributed by atoms with Crippen LogP contribution in [0.15, 0.2) is 72.2 Å². The lowest BCUT2D eigenvalue weighted by Gasteiger charge is -2.38. The monoisotopic (exact) mass is 1090 g/mol. The number of amides is 5. The third-order valence-electron chi connectivity index (χ3n) is 12.7. The lowest BCUT2D eigenvalue weighted by atomic mass is 9.85. The van der Waals surface area contributed by atoms with Crippen LogP contribution in [0.25, 0.3) is 10.4 Å². The maximum Gasteiger partial charge on any atom is 0.417 e. The van der Waals surface area contributed by atoms with Gasteiger partial charge in [-0.2, -0.15) is 18.4 Å². The molecule has 1 fully saturated rings. The molecule has 22 heteroatoms. The average Bonchev–Trinajstić information content (AvgIpc) is 4.10. The summed E-state index contributed by atoms with van der Waals surface area (Å²) in [4.78, 5) is 74.9. The summed E-state index contributed by atoms with van der Waals surface area (Å²) < 4.78 is 74.4. The molecule has 18 nitrogen and oxygen atoms in total. The second-order valence-corrected chi connectivity index (χ2v) is 20.5. The third-order valence-corrected chi connectivity index (χ3v) is 13.7. The van der Waals surface area contributed by atoms with E-state index in [1.54, 1.807) is 52.4 Å². The summed E-state index contributed by atoms with van der Waals surface area (Å²) in [6.07, 6.45) is -2.83. The van der Waals surface area contributed by atoms with Gasteiger partial charge >= 0.3 is 6.18 Å². The number of likely N-dealkylation sites (tertiary alicyclic amines) is 1. The average molecular weight is 1090 g/mol. The van der Waals surface area contributed by atoms with Gasteiger partial charge in [-0.25, -0.2) is 4.98 Å². The van der Waals surface area contributed by atoms with Gasteiger partial charge in [-0.3, -0.25) is 28.9 Å². The summed E-state index contributed by atoms with van der Waals surface area (Å²) in [6.45, 7) is 14.5. The number of ether oxygens (including phenoxy) is 6. The lowest BCUT2D eigenvalue weighted by Crippen LogP contribution is -2.58. The summed E-state index contributed by atoms with van der Waals surface area (Å²) in [6, 6.07) is 17.4. The van der Waals surface area contributed by atoms with E-state index in [1.807, 2.05) is 57.5 Å². The van der Waals surface area contributed by atoms with E-state index < -0.39 is 52.2 Å². The largest absolute Gasteiger partial charge is 0.491 e. The Kier molecular flexibility index (Phi) is 23.4. The maximum atomic E-state index is 13.9. The molecule has 2 N–H and O–H groups in total. The van der Waals surface area contributed by atoms with Crippen LogP contribution in [-0.2, 0) is 60.4 Å². The van der Waals surface area contributed by atoms with Crippen LogP contribution in [0.2, 0.25) is 0 Å². The molecule has 2 atom stereocenters. The Bertz CT molecular complexity index is 2600. The molecule has 418 valence electrons. The number of alkyl halides is 3. The fraction of sp³-hybridized carbons (Fsp3) is 0.509. The molecule has 1 aliphatic heterocycles. The molecule has 0 bridgehead atoms. The minimum Gasteiger partial charge on any atom is -0.491 e. The van der Waals surface area contributed by atoms with Gasteiger partial charge < -0.3 is 48.9 Å². The number of hydrogen-bond acceptors (Lipinski definition) is 15. The van der Waals surface area contributed by atoms with Crippen molar-refractivity contribution in [3.63, 3.8) is 0 Å². The number of nitriles is 1. The van der Waals surface area contributed by atoms with Gasteiger partial charge in [-0.15, -0.1) is 11.3 Å². The molecule has 77 heavy (non-hydrogen) atoms. The highest BCUT2D eigenvalue weighted by atomic mass is 32.1. The molecule has 2 heterocycles. The summed E-state index contributed by atoms with van der Waals surface area (Å²) in [5.41, 5.74) is 1.16. The Labute approximate surface area is 452 Å². The first-order chi connectivity index (χ1) is 36.7. The van der Waals surface area contributed by atoms with E-state index in [-0.39, 0.29) is 50.3 Å². The van der Waals surface area contributed by atoms with Crippen LogP contribution in [0, 0.1) is 23.7 Å². The molecule has 5 amide bonds. The van der Waals surface area contributed by atoms with Gasteiger partial charge in [0.15, 0.2) is 0 Å². The summed E-state index contributed by atoms with van der Waals surface area (Å²) >= 11 is 1.58. The molecule has 3 aromatic carbocycles. The second-order valence-electron chi connectivity index (χ2n) is 19.7. The van der Waals surface area contributed by atoms with Crippen LogP contribution in [0.3, 0.4) is 0 Å². The van der Waals surface area contributed by atoms with Crippen LogP contribution in [0.5, 0.6) is 5.75 Å². The van der Waals surface area contributed by atoms with E-state index in [2.05, 4.69) is 15.6 Å². The number of aryl methyl sites for hydroxylation is 1. The summed E-state index contributed by atoms with van der Waals surface area (Å²) in [5, 5.41) is 15.0. The number of anilines is 2. The van der Waals surface area contributed by atoms with Gasteiger partial charge in [-0.05, 0) is 99.0 Å². The molecular weight excluding hydrogens is 1020 g/mol. The number of halogens is 3. The number of thiazole rings is 1. The van der Waals surface area contributed by atoms with Crippen molar-refractivity contribution < 1.29 is 65.6 Å². The zero-order chi connectivity index (χ0) is 56.2. The van der Waals surface area contributed by atoms with Gasteiger partial charge in [-0.1, -0.05) is 45.0 Å². The van der Waals surface area contributed by atoms with E-state index in [9.17, 15) is 37.1 Å². The van der Waals surface area contributed by atoms with E-state index in [1.165, 1.54) is 19.9 Å². The zero-order valence-electron chi connectivity index (χ0n) is 44.7. The van der Waals surface area contributed by atoms with Crippen LogP contribution < -0.4 is 25.2 Å². The van der Waals surface area contributed by atoms with Crippen molar-refractivity contribution in [3.8, 4) is 22.3 Å². The number of nitrogens with zero attached hydrogens (tertiary/aromatic N) is 5. The van der Waals surface area contributed by atoms with Crippen LogP contribution in [0.1, 0.15) is 76.3 Å². The Morgan fingerprint density at radius 2 is 1.44 bits per heavy atom. The zero-order valence-corrected chi connectivity index (χ0v) is 45.6. The van der Waals surface area contributed by atoms with Crippen molar-refractivity contribution in [2.45, 2.75) is 91.1 Å². The van der Waals surface area contributed by atoms with Gasteiger partial charge in [0.05, 0.1) is 85.2 Å². The van der Waals surface area contributed by atoms with E-state index in [0.717, 1.165) is 33.8 Å². The minimum absolute atomic E-state index is 0.148. The Balaban J connectivity index is 0.864. The number of rotatable bonds is 30. The summed E-state index contributed by atoms with van der Waals surface area (Å²) in [5.74, 6) is -1.23. The first-order valence-corrected chi connectivity index (χ1v) is 26.2. The van der Waals surface area contributed by atoms with Crippen molar-refractivity contribution in [1.82, 2.24) is 20.5 Å². The number of imide groups is 1. The first kappa shape index (κ1) is 61.4. The van der Waals surface area contributed by atoms with Crippen molar-refractivity contribution in [3.05, 3.63) is 94.6 Å². The number of likely N-dealkylation sites (N-methyl/N-ethyl adjacent to an activating group) is 1. The van der Waals surface area contributed by atoms with E-state index in [4.69, 9.17) is 33.7 Å². The molecule has 1 aromatic heterocycles. The Hall–Kier alpha value is -6.48. The molecule has 0 saturated carbocycles. The fourth-order valence-electron chi connectivity index (χ4n) is 8.16. The molecule has 0 aliphatic carbocycles. The fourth-order valence-corrected chi connectivity index (χ4v) is 8.97. The normalized spacial score (nSPS) is 14.1. The number of carbonyl (C=O) groups excluding carboxylic acids is 5. The van der Waals surface area contributed by atoms with E-state index >= 15 is 0 Å². The number of aromatic nitrogens is 1. The molecule has 1 saturated heterocycles. The molecule has 0 spiro atoms. The third kappa shape index (κ3) is 18.0. The molecule has 1 unspecified atom stereocenters. The number of nitrogens with one attached hydrogen (secondary N) is 2. The van der Waals surface area contributed by atoms with E-state index in [0.29, 0.717) is 101 Å². The predicted octanol–water partition coefficient (Wildman–Crippen LogP) is 7.10. The smallest absolute Gasteiger partial charge is 0.417 e. The lowest BCUT2D eigenvalue weighted by molar-refractivity contribution is -0.144. The van der Waals surface area contributed by atoms with Gasteiger partial charge in [0, 0.05) is 39.0 Å². The molecule has 4 aromatic rings. The van der Waals surface area contributed by atoms with Gasteiger partial charge in [0.25, 0.3) is 5.91 Å². The van der Waals surface area contributed by atoms with Crippen molar-refractivity contribution in [2.75, 3.05) is 96.1 Å². The molecule has 1 aliphatic rings. The quantitative estimate of drug-likeness (QED) is 0.0394. The maximum absolute atomic E-state index is 13.9. The standard InChI is InChI=1S/C55H70F3N7O11S/c1-38-48(77-36-61-38)40-13-11-39(12-14-40)34-60-50(68)46-10-8-21-64(46)51(69)49(53(2,3)4)62-47(67)35-75-29-28-73-26-24-71-22-9-23-72-25-27-74-30-31-76-44-19-17-42(18-20-44)63(7)54(5,6)52(70)65(37-66)43-16-15-41(33-59)45(32-43)55(56,57)58/h11-20,32,36-37,46,49H,8-10,21-31,34-35H2,1-7H3,(H,60,68)(H,62,67)/t46-,49?/m0/s1. The van der Waals surface area contributed by atoms with Gasteiger partial charge in [0.2, 0.25) is 24.1 Å². The van der Waals surface area contributed by atoms with Crippen molar-refractivity contribution in [2.24, 2.45) is 5.41 Å². The molecule has 0 radical (unpaired) electrons. The van der Waals surface area contributed by atoms with Crippen molar-refractivity contribution >= 4 is 52.8 Å². The number of benzene rings is 3. The van der Waals surface area contributed by atoms with Crippen LogP contribution in [-0.4, -0.2) is 144 Å². The minimum atomic E-state index is -4.87. The summed E-state index contributed by atoms with van der Waals surface area (Å²) in [7, 11) is 1.61. The van der Waals surface area contributed by atoms with Crippen LogP contribution >= 0.6 is 11.3 Å². The highest BCUT2D eigenvalue weighted by Gasteiger charge is 2.42. The predicted molar refractivity (Wildman–Crippen MR) is 283 cm³/mol. The number of hydrogen-bond donors (Lipinski definition) is 2. The molecular formula is C55H70F3N7O11S.